The van der Waals surface area contributed by atoms with E-state index in [4.69, 9.17) is 5.73 Å². The zero-order valence-corrected chi connectivity index (χ0v) is 13.2. The van der Waals surface area contributed by atoms with E-state index in [2.05, 4.69) is 19.8 Å². The monoisotopic (exact) mass is 319 g/mol. The highest BCUT2D eigenvalue weighted by atomic mass is 32.2. The lowest BCUT2D eigenvalue weighted by Crippen LogP contribution is -2.39. The Labute approximate surface area is 123 Å². The van der Waals surface area contributed by atoms with E-state index in [1.54, 1.807) is 6.92 Å². The molecule has 1 aromatic rings. The Kier molecular flexibility index (Phi) is 5.44. The summed E-state index contributed by atoms with van der Waals surface area (Å²) < 4.78 is 27.2. The van der Waals surface area contributed by atoms with Crippen LogP contribution in [0.3, 0.4) is 0 Å². The van der Waals surface area contributed by atoms with Gasteiger partial charge < -0.3 is 10.6 Å². The van der Waals surface area contributed by atoms with E-state index in [1.807, 2.05) is 11.8 Å². The van der Waals surface area contributed by atoms with Gasteiger partial charge in [0.25, 0.3) is 0 Å². The van der Waals surface area contributed by atoms with Gasteiger partial charge >= 0.3 is 0 Å². The van der Waals surface area contributed by atoms with Gasteiger partial charge in [0, 0.05) is 44.2 Å². The van der Waals surface area contributed by atoms with E-state index in [0.717, 1.165) is 31.1 Å². The summed E-state index contributed by atoms with van der Waals surface area (Å²) >= 11 is 1.94. The lowest BCUT2D eigenvalue weighted by Gasteiger charge is -2.25. The Morgan fingerprint density at radius 3 is 2.80 bits per heavy atom. The normalized spacial score (nSPS) is 17.5. The first-order chi connectivity index (χ1) is 9.54. The van der Waals surface area contributed by atoms with E-state index < -0.39 is 10.0 Å². The number of H-pyrrole nitrogens is 1. The average Bonchev–Trinajstić information content (AvgIpc) is 2.81. The minimum Gasteiger partial charge on any atom is -0.325 e. The molecule has 0 aromatic carbocycles. The smallest absolute Gasteiger partial charge is 0.244 e. The zero-order chi connectivity index (χ0) is 14.6. The second-order valence-corrected chi connectivity index (χ2v) is 7.61. The predicted octanol–water partition coefficient (Wildman–Crippen LogP) is -0.496. The van der Waals surface area contributed by atoms with E-state index in [1.165, 1.54) is 0 Å². The molecule has 1 saturated heterocycles. The summed E-state index contributed by atoms with van der Waals surface area (Å²) in [4.78, 5) is 2.46. The van der Waals surface area contributed by atoms with Crippen molar-refractivity contribution in [1.29, 1.82) is 0 Å². The van der Waals surface area contributed by atoms with Crippen molar-refractivity contribution in [2.24, 2.45) is 5.73 Å². The van der Waals surface area contributed by atoms with Crippen LogP contribution in [0, 0.1) is 6.92 Å². The minimum absolute atomic E-state index is 0.101. The molecule has 1 fully saturated rings. The fraction of sp³-hybridized carbons (Fsp3) is 0.727. The van der Waals surface area contributed by atoms with Gasteiger partial charge in [0.15, 0.2) is 0 Å². The van der Waals surface area contributed by atoms with E-state index in [9.17, 15) is 8.42 Å². The maximum Gasteiger partial charge on any atom is 0.244 e. The number of hydrogen-bond acceptors (Lipinski definition) is 6. The largest absolute Gasteiger partial charge is 0.325 e. The molecule has 0 atom stereocenters. The van der Waals surface area contributed by atoms with Crippen LogP contribution < -0.4 is 10.5 Å². The summed E-state index contributed by atoms with van der Waals surface area (Å²) in [6.45, 7) is 4.96. The number of nitrogens with two attached hydrogens (primary N) is 1. The Morgan fingerprint density at radius 1 is 1.45 bits per heavy atom. The molecular weight excluding hydrogens is 298 g/mol. The summed E-state index contributed by atoms with van der Waals surface area (Å²) in [6, 6.07) is 0. The molecule has 0 unspecified atom stereocenters. The van der Waals surface area contributed by atoms with Gasteiger partial charge in [0.2, 0.25) is 10.0 Å². The van der Waals surface area contributed by atoms with Crippen LogP contribution in [0.5, 0.6) is 0 Å². The number of nitrogens with zero attached hydrogens (tertiary/aromatic N) is 2. The van der Waals surface area contributed by atoms with Gasteiger partial charge in [0.05, 0.1) is 11.4 Å². The van der Waals surface area contributed by atoms with Crippen LogP contribution in [0.2, 0.25) is 0 Å². The number of sulfonamides is 1. The van der Waals surface area contributed by atoms with Crippen molar-refractivity contribution in [3.63, 3.8) is 0 Å². The van der Waals surface area contributed by atoms with Gasteiger partial charge in [0.1, 0.15) is 4.90 Å². The number of aryl methyl sites for hydroxylation is 1. The topological polar surface area (TPSA) is 104 Å². The lowest BCUT2D eigenvalue weighted by atomic mass is 10.4. The summed E-state index contributed by atoms with van der Waals surface area (Å²) in [5.74, 6) is 2.23. The van der Waals surface area contributed by atoms with Crippen LogP contribution in [0.15, 0.2) is 4.90 Å². The summed E-state index contributed by atoms with van der Waals surface area (Å²) in [7, 11) is -3.55. The predicted molar refractivity (Wildman–Crippen MR) is 80.2 cm³/mol. The number of nitrogens with one attached hydrogen (secondary N) is 2. The number of aromatic amines is 1. The Balaban J connectivity index is 1.95. The molecule has 0 bridgehead atoms. The van der Waals surface area contributed by atoms with Crippen molar-refractivity contribution in [1.82, 2.24) is 19.8 Å². The maximum absolute atomic E-state index is 12.3. The lowest BCUT2D eigenvalue weighted by molar-refractivity contribution is 0.307. The fourth-order valence-corrected chi connectivity index (χ4v) is 4.57. The molecule has 1 aromatic heterocycles. The molecular formula is C11H21N5O2S2. The van der Waals surface area contributed by atoms with Gasteiger partial charge in [-0.15, -0.1) is 0 Å². The maximum atomic E-state index is 12.3. The first-order valence-corrected chi connectivity index (χ1v) is 9.22. The Hall–Kier alpha value is -0.610. The second-order valence-electron chi connectivity index (χ2n) is 4.68. The third-order valence-corrected chi connectivity index (χ3v) is 5.85. The quantitative estimate of drug-likeness (QED) is 0.653. The van der Waals surface area contributed by atoms with E-state index >= 15 is 0 Å². The van der Waals surface area contributed by atoms with Crippen LogP contribution in [0.4, 0.5) is 0 Å². The zero-order valence-electron chi connectivity index (χ0n) is 11.6. The average molecular weight is 319 g/mol. The van der Waals surface area contributed by atoms with Gasteiger partial charge in [-0.3, -0.25) is 5.10 Å². The third-order valence-electron chi connectivity index (χ3n) is 3.25. The molecule has 20 heavy (non-hydrogen) atoms. The van der Waals surface area contributed by atoms with Gasteiger partial charge in [-0.1, -0.05) is 0 Å². The van der Waals surface area contributed by atoms with Gasteiger partial charge in [-0.25, -0.2) is 13.1 Å². The van der Waals surface area contributed by atoms with Crippen molar-refractivity contribution in [2.75, 3.05) is 37.7 Å². The van der Waals surface area contributed by atoms with Crippen molar-refractivity contribution in [3.05, 3.63) is 11.4 Å². The number of aromatic nitrogens is 2. The molecule has 0 amide bonds. The molecule has 1 aliphatic rings. The van der Waals surface area contributed by atoms with E-state index in [-0.39, 0.29) is 11.4 Å². The minimum atomic E-state index is -3.55. The van der Waals surface area contributed by atoms with Crippen LogP contribution in [-0.4, -0.2) is 61.2 Å². The molecule has 7 nitrogen and oxygen atoms in total. The van der Waals surface area contributed by atoms with Crippen LogP contribution >= 0.6 is 11.8 Å². The molecule has 114 valence electrons. The fourth-order valence-electron chi connectivity index (χ4n) is 2.20. The highest BCUT2D eigenvalue weighted by molar-refractivity contribution is 7.99. The number of thioether (sulfide) groups is 1. The molecule has 0 aliphatic carbocycles. The van der Waals surface area contributed by atoms with Crippen molar-refractivity contribution >= 4 is 21.8 Å². The summed E-state index contributed by atoms with van der Waals surface area (Å²) in [6.07, 6.45) is 0. The summed E-state index contributed by atoms with van der Waals surface area (Å²) in [5, 5.41) is 6.59. The molecule has 9 heteroatoms. The molecule has 0 radical (unpaired) electrons. The first-order valence-electron chi connectivity index (χ1n) is 6.58. The first kappa shape index (κ1) is 15.8. The van der Waals surface area contributed by atoms with Crippen molar-refractivity contribution in [3.8, 4) is 0 Å². The Bertz CT molecular complexity index is 537. The summed E-state index contributed by atoms with van der Waals surface area (Å²) in [5.41, 5.74) is 6.42. The third kappa shape index (κ3) is 3.73. The molecule has 0 spiro atoms. The van der Waals surface area contributed by atoms with Gasteiger partial charge in [-0.2, -0.15) is 16.9 Å². The van der Waals surface area contributed by atoms with Gasteiger partial charge in [-0.05, 0) is 6.92 Å². The molecule has 2 heterocycles. The Morgan fingerprint density at radius 2 is 2.15 bits per heavy atom. The van der Waals surface area contributed by atoms with Crippen LogP contribution in [-0.2, 0) is 16.6 Å². The highest BCUT2D eigenvalue weighted by Gasteiger charge is 2.23. The second kappa shape index (κ2) is 6.90. The molecule has 4 N–H and O–H groups in total. The van der Waals surface area contributed by atoms with Crippen molar-refractivity contribution < 1.29 is 8.42 Å². The standard InChI is InChI=1S/C11H21N5O2S2/c1-9-11(10(8-12)15-14-9)20(17,18)13-2-3-16-4-6-19-7-5-16/h13H,2-8,12H2,1H3,(H,14,15). The SMILES string of the molecule is Cc1[nH]nc(CN)c1S(=O)(=O)NCCN1CCSCC1. The highest BCUT2D eigenvalue weighted by Crippen LogP contribution is 2.16. The molecule has 1 aliphatic heterocycles. The number of rotatable bonds is 6. The number of hydrogen-bond donors (Lipinski definition) is 3. The van der Waals surface area contributed by atoms with E-state index in [0.29, 0.717) is 17.9 Å². The van der Waals surface area contributed by atoms with Crippen LogP contribution in [0.25, 0.3) is 0 Å². The van der Waals surface area contributed by atoms with Crippen LogP contribution in [0.1, 0.15) is 11.4 Å². The van der Waals surface area contributed by atoms with Crippen molar-refractivity contribution in [2.45, 2.75) is 18.4 Å². The molecule has 2 rings (SSSR count). The molecule has 0 saturated carbocycles.